The van der Waals surface area contributed by atoms with Crippen molar-refractivity contribution in [2.45, 2.75) is 0 Å². The van der Waals surface area contributed by atoms with Crippen LogP contribution >= 0.6 is 11.6 Å². The molecule has 0 saturated heterocycles. The molecule has 0 bridgehead atoms. The molecule has 0 unspecified atom stereocenters. The molecule has 0 spiro atoms. The van der Waals surface area contributed by atoms with E-state index in [9.17, 15) is 5.11 Å². The zero-order valence-corrected chi connectivity index (χ0v) is 10.8. The van der Waals surface area contributed by atoms with E-state index in [-0.39, 0.29) is 11.0 Å². The van der Waals surface area contributed by atoms with Crippen molar-refractivity contribution in [1.29, 1.82) is 0 Å². The van der Waals surface area contributed by atoms with Gasteiger partial charge in [-0.25, -0.2) is 4.98 Å². The van der Waals surface area contributed by atoms with Crippen LogP contribution in [0.15, 0.2) is 35.7 Å². The van der Waals surface area contributed by atoms with Gasteiger partial charge in [0.25, 0.3) is 0 Å². The molecule has 2 aromatic heterocycles. The van der Waals surface area contributed by atoms with Gasteiger partial charge in [0.2, 0.25) is 5.28 Å². The monoisotopic (exact) mass is 288 g/mol. The second-order valence-corrected chi connectivity index (χ2v) is 4.24. The lowest BCUT2D eigenvalue weighted by atomic mass is 10.2. The summed E-state index contributed by atoms with van der Waals surface area (Å²) in [6.07, 6.45) is 3.10. The molecule has 7 nitrogen and oxygen atoms in total. The Kier molecular flexibility index (Phi) is 3.18. The number of nitrogens with zero attached hydrogens (tertiary/aromatic N) is 4. The molecule has 20 heavy (non-hydrogen) atoms. The van der Waals surface area contributed by atoms with E-state index in [2.05, 4.69) is 30.5 Å². The summed E-state index contributed by atoms with van der Waals surface area (Å²) in [6.45, 7) is 0. The van der Waals surface area contributed by atoms with E-state index < -0.39 is 0 Å². The van der Waals surface area contributed by atoms with Crippen LogP contribution in [0, 0.1) is 0 Å². The predicted molar refractivity (Wildman–Crippen MR) is 76.0 cm³/mol. The third-order valence-electron chi connectivity index (χ3n) is 2.53. The minimum absolute atomic E-state index is 0.101. The van der Waals surface area contributed by atoms with Gasteiger partial charge in [0.1, 0.15) is 5.75 Å². The topological polar surface area (TPSA) is 99.1 Å². The number of nitrogens with one attached hydrogen (secondary N) is 2. The molecule has 3 N–H and O–H groups in total. The Balaban J connectivity index is 1.83. The summed E-state index contributed by atoms with van der Waals surface area (Å²) in [7, 11) is 0. The summed E-state index contributed by atoms with van der Waals surface area (Å²) >= 11 is 5.80. The zero-order valence-electron chi connectivity index (χ0n) is 10.1. The Labute approximate surface area is 118 Å². The van der Waals surface area contributed by atoms with Gasteiger partial charge >= 0.3 is 0 Å². The van der Waals surface area contributed by atoms with Crippen molar-refractivity contribution in [3.63, 3.8) is 0 Å². The number of fused-ring (bicyclic) bond motifs is 1. The maximum Gasteiger partial charge on any atom is 0.226 e. The fourth-order valence-electron chi connectivity index (χ4n) is 1.61. The van der Waals surface area contributed by atoms with E-state index in [4.69, 9.17) is 11.6 Å². The molecule has 0 aliphatic heterocycles. The maximum absolute atomic E-state index is 9.18. The molecular formula is C12H9ClN6O. The molecule has 0 fully saturated rings. The predicted octanol–water partition coefficient (Wildman–Crippen LogP) is 2.16. The fraction of sp³-hybridized carbons (Fsp3) is 0. The van der Waals surface area contributed by atoms with Crippen LogP contribution in [0.3, 0.4) is 0 Å². The number of aromatic hydroxyl groups is 1. The van der Waals surface area contributed by atoms with Crippen LogP contribution in [-0.4, -0.2) is 31.3 Å². The van der Waals surface area contributed by atoms with E-state index >= 15 is 0 Å². The molecule has 8 heteroatoms. The van der Waals surface area contributed by atoms with Crippen LogP contribution in [0.4, 0.5) is 5.82 Å². The molecule has 0 radical (unpaired) electrons. The second kappa shape index (κ2) is 5.14. The molecule has 3 rings (SSSR count). The fourth-order valence-corrected chi connectivity index (χ4v) is 1.78. The molecule has 0 amide bonds. The number of aromatic nitrogens is 4. The van der Waals surface area contributed by atoms with Crippen molar-refractivity contribution >= 4 is 34.8 Å². The third-order valence-corrected chi connectivity index (χ3v) is 2.70. The van der Waals surface area contributed by atoms with E-state index in [1.54, 1.807) is 30.5 Å². The number of hydrogen-bond acceptors (Lipinski definition) is 6. The van der Waals surface area contributed by atoms with Gasteiger partial charge in [-0.05, 0) is 41.4 Å². The lowest BCUT2D eigenvalue weighted by Gasteiger charge is -2.00. The molecule has 3 aromatic rings. The van der Waals surface area contributed by atoms with Gasteiger partial charge in [0, 0.05) is 0 Å². The first kappa shape index (κ1) is 12.4. The van der Waals surface area contributed by atoms with E-state index in [0.29, 0.717) is 17.0 Å². The molecule has 1 aromatic carbocycles. The van der Waals surface area contributed by atoms with Crippen LogP contribution in [0.1, 0.15) is 5.56 Å². The van der Waals surface area contributed by atoms with Crippen LogP contribution in [0.2, 0.25) is 5.28 Å². The Morgan fingerprint density at radius 3 is 2.85 bits per heavy atom. The maximum atomic E-state index is 9.18. The Bertz CT molecular complexity index is 767. The summed E-state index contributed by atoms with van der Waals surface area (Å²) in [4.78, 5) is 15.0. The lowest BCUT2D eigenvalue weighted by Crippen LogP contribution is -1.97. The van der Waals surface area contributed by atoms with Crippen LogP contribution in [-0.2, 0) is 0 Å². The highest BCUT2D eigenvalue weighted by Gasteiger charge is 2.07. The van der Waals surface area contributed by atoms with Crippen LogP contribution < -0.4 is 5.43 Å². The van der Waals surface area contributed by atoms with Gasteiger partial charge < -0.3 is 10.1 Å². The number of rotatable bonds is 3. The smallest absolute Gasteiger partial charge is 0.226 e. The number of phenols is 1. The minimum Gasteiger partial charge on any atom is -0.508 e. The molecule has 0 saturated carbocycles. The van der Waals surface area contributed by atoms with Gasteiger partial charge in [-0.1, -0.05) is 0 Å². The van der Waals surface area contributed by atoms with Gasteiger partial charge in [-0.15, -0.1) is 0 Å². The Morgan fingerprint density at radius 2 is 2.05 bits per heavy atom. The van der Waals surface area contributed by atoms with Crippen LogP contribution in [0.5, 0.6) is 5.75 Å². The van der Waals surface area contributed by atoms with Crippen LogP contribution in [0.25, 0.3) is 11.2 Å². The lowest BCUT2D eigenvalue weighted by molar-refractivity contribution is 0.475. The average molecular weight is 289 g/mol. The van der Waals surface area contributed by atoms with Crippen molar-refractivity contribution in [2.24, 2.45) is 5.10 Å². The largest absolute Gasteiger partial charge is 0.508 e. The molecular weight excluding hydrogens is 280 g/mol. The van der Waals surface area contributed by atoms with Crippen molar-refractivity contribution in [2.75, 3.05) is 5.43 Å². The number of H-pyrrole nitrogens is 1. The third kappa shape index (κ3) is 2.52. The van der Waals surface area contributed by atoms with E-state index in [0.717, 1.165) is 5.56 Å². The second-order valence-electron chi connectivity index (χ2n) is 3.90. The highest BCUT2D eigenvalue weighted by Crippen LogP contribution is 2.18. The molecule has 0 atom stereocenters. The number of imidazole rings is 1. The molecule has 100 valence electrons. The van der Waals surface area contributed by atoms with Gasteiger partial charge in [-0.2, -0.15) is 15.1 Å². The Hall–Kier alpha value is -2.67. The number of halogens is 1. The quantitative estimate of drug-likeness (QED) is 0.390. The van der Waals surface area contributed by atoms with E-state index in [1.165, 1.54) is 6.33 Å². The number of benzene rings is 1. The number of phenolic OH excluding ortho intramolecular Hbond substituents is 1. The number of hydrogen-bond donors (Lipinski definition) is 3. The van der Waals surface area contributed by atoms with Crippen molar-refractivity contribution in [3.05, 3.63) is 41.4 Å². The first-order valence-corrected chi connectivity index (χ1v) is 6.05. The molecule has 0 aliphatic rings. The number of hydrazone groups is 1. The van der Waals surface area contributed by atoms with Gasteiger partial charge in [0.15, 0.2) is 17.0 Å². The minimum atomic E-state index is 0.101. The summed E-state index contributed by atoms with van der Waals surface area (Å²) in [5.41, 5.74) is 4.68. The van der Waals surface area contributed by atoms with Gasteiger partial charge in [0.05, 0.1) is 12.5 Å². The first-order chi connectivity index (χ1) is 9.72. The van der Waals surface area contributed by atoms with Gasteiger partial charge in [-0.3, -0.25) is 5.43 Å². The number of anilines is 1. The number of aromatic amines is 1. The van der Waals surface area contributed by atoms with E-state index in [1.807, 2.05) is 0 Å². The summed E-state index contributed by atoms with van der Waals surface area (Å²) < 4.78 is 0. The average Bonchev–Trinajstić information content (AvgIpc) is 2.89. The highest BCUT2D eigenvalue weighted by atomic mass is 35.5. The van der Waals surface area contributed by atoms with Crippen molar-refractivity contribution < 1.29 is 5.11 Å². The molecule has 0 aliphatic carbocycles. The molecule has 2 heterocycles. The SMILES string of the molecule is Oc1ccc(C=NNc2nc(Cl)nc3[nH]cnc23)cc1. The summed E-state index contributed by atoms with van der Waals surface area (Å²) in [5.74, 6) is 0.618. The first-order valence-electron chi connectivity index (χ1n) is 5.67. The summed E-state index contributed by atoms with van der Waals surface area (Å²) in [6, 6.07) is 6.62. The normalized spacial score (nSPS) is 11.2. The summed E-state index contributed by atoms with van der Waals surface area (Å²) in [5, 5.41) is 13.3. The zero-order chi connectivity index (χ0) is 13.9. The Morgan fingerprint density at radius 1 is 1.25 bits per heavy atom. The highest BCUT2D eigenvalue weighted by molar-refractivity contribution is 6.28. The standard InChI is InChI=1S/C12H9ClN6O/c13-12-17-10-9(14-6-15-10)11(18-12)19-16-5-7-1-3-8(20)4-2-7/h1-6,20H,(H2,14,15,17,18,19). The van der Waals surface area contributed by atoms with Crippen molar-refractivity contribution in [3.8, 4) is 5.75 Å². The van der Waals surface area contributed by atoms with Crippen molar-refractivity contribution in [1.82, 2.24) is 19.9 Å².